The van der Waals surface area contributed by atoms with E-state index in [4.69, 9.17) is 15.6 Å². The van der Waals surface area contributed by atoms with E-state index < -0.39 is 23.8 Å². The molecule has 1 aromatic carbocycles. The molecule has 0 saturated heterocycles. The van der Waals surface area contributed by atoms with Crippen LogP contribution in [0.4, 0.5) is 0 Å². The summed E-state index contributed by atoms with van der Waals surface area (Å²) >= 11 is 0. The Hall–Kier alpha value is -2.57. The summed E-state index contributed by atoms with van der Waals surface area (Å²) in [7, 11) is 0. The van der Waals surface area contributed by atoms with Crippen LogP contribution in [0.25, 0.3) is 0 Å². The average Bonchev–Trinajstić information content (AvgIpc) is 2.43. The van der Waals surface area contributed by atoms with Crippen LogP contribution in [0.5, 0.6) is 5.75 Å². The summed E-state index contributed by atoms with van der Waals surface area (Å²) in [4.78, 5) is 33.8. The topological polar surface area (TPSA) is 119 Å². The van der Waals surface area contributed by atoms with Gasteiger partial charge in [0.05, 0.1) is 6.61 Å². The number of nitrogens with one attached hydrogen (secondary N) is 1. The van der Waals surface area contributed by atoms with Crippen molar-refractivity contribution in [3.05, 3.63) is 29.8 Å². The number of rotatable bonds is 8. The molecule has 114 valence electrons. The SMILES string of the molecule is CCOc1cccc(C(=O)N[C@@H](CCC(N)=O)C(=O)O)c1. The molecule has 0 radical (unpaired) electrons. The van der Waals surface area contributed by atoms with Crippen molar-refractivity contribution in [3.63, 3.8) is 0 Å². The molecular weight excluding hydrogens is 276 g/mol. The fourth-order valence-corrected chi connectivity index (χ4v) is 1.68. The lowest BCUT2D eigenvalue weighted by molar-refractivity contribution is -0.139. The van der Waals surface area contributed by atoms with Crippen LogP contribution >= 0.6 is 0 Å². The van der Waals surface area contributed by atoms with Crippen molar-refractivity contribution >= 4 is 17.8 Å². The smallest absolute Gasteiger partial charge is 0.326 e. The van der Waals surface area contributed by atoms with Gasteiger partial charge in [0.2, 0.25) is 5.91 Å². The predicted octanol–water partition coefficient (Wildman–Crippen LogP) is 0.534. The predicted molar refractivity (Wildman–Crippen MR) is 74.9 cm³/mol. The van der Waals surface area contributed by atoms with Crippen LogP contribution in [0.15, 0.2) is 24.3 Å². The van der Waals surface area contributed by atoms with Gasteiger partial charge in [-0.15, -0.1) is 0 Å². The molecule has 0 saturated carbocycles. The van der Waals surface area contributed by atoms with E-state index in [1.165, 1.54) is 6.07 Å². The van der Waals surface area contributed by atoms with E-state index in [-0.39, 0.29) is 18.4 Å². The van der Waals surface area contributed by atoms with Crippen molar-refractivity contribution in [1.29, 1.82) is 0 Å². The Morgan fingerprint density at radius 2 is 2.10 bits per heavy atom. The highest BCUT2D eigenvalue weighted by Gasteiger charge is 2.21. The van der Waals surface area contributed by atoms with Crippen molar-refractivity contribution in [2.24, 2.45) is 5.73 Å². The number of primary amides is 1. The number of ether oxygens (including phenoxy) is 1. The van der Waals surface area contributed by atoms with Crippen LogP contribution in [0.3, 0.4) is 0 Å². The average molecular weight is 294 g/mol. The fourth-order valence-electron chi connectivity index (χ4n) is 1.68. The van der Waals surface area contributed by atoms with Crippen molar-refractivity contribution in [1.82, 2.24) is 5.32 Å². The Kier molecular flexibility index (Phi) is 6.19. The minimum absolute atomic E-state index is 0.0540. The fraction of sp³-hybridized carbons (Fsp3) is 0.357. The zero-order valence-corrected chi connectivity index (χ0v) is 11.7. The highest BCUT2D eigenvalue weighted by molar-refractivity contribution is 5.97. The van der Waals surface area contributed by atoms with Gasteiger partial charge in [0.1, 0.15) is 11.8 Å². The molecule has 0 aliphatic heterocycles. The molecule has 1 atom stereocenters. The van der Waals surface area contributed by atoms with Gasteiger partial charge in [0.25, 0.3) is 5.91 Å². The lowest BCUT2D eigenvalue weighted by atomic mass is 10.1. The van der Waals surface area contributed by atoms with Gasteiger partial charge in [-0.25, -0.2) is 4.79 Å². The number of carbonyl (C=O) groups is 3. The Bertz CT molecular complexity index is 530. The number of aliphatic carboxylic acids is 1. The third-order valence-corrected chi connectivity index (χ3v) is 2.69. The maximum atomic E-state index is 12.0. The summed E-state index contributed by atoms with van der Waals surface area (Å²) < 4.78 is 5.27. The molecule has 0 heterocycles. The number of benzene rings is 1. The van der Waals surface area contributed by atoms with Gasteiger partial charge in [-0.2, -0.15) is 0 Å². The van der Waals surface area contributed by atoms with E-state index in [0.29, 0.717) is 12.4 Å². The van der Waals surface area contributed by atoms with Crippen LogP contribution < -0.4 is 15.8 Å². The molecule has 1 aromatic rings. The molecule has 21 heavy (non-hydrogen) atoms. The minimum atomic E-state index is -1.22. The number of hydrogen-bond acceptors (Lipinski definition) is 4. The zero-order valence-electron chi connectivity index (χ0n) is 11.7. The van der Waals surface area contributed by atoms with Gasteiger partial charge < -0.3 is 20.9 Å². The van der Waals surface area contributed by atoms with Gasteiger partial charge in [-0.05, 0) is 31.5 Å². The summed E-state index contributed by atoms with van der Waals surface area (Å²) in [6.07, 6.45) is -0.169. The lowest BCUT2D eigenvalue weighted by Crippen LogP contribution is -2.41. The second-order valence-electron chi connectivity index (χ2n) is 4.33. The summed E-state index contributed by atoms with van der Waals surface area (Å²) in [5, 5.41) is 11.4. The molecule has 0 aromatic heterocycles. The lowest BCUT2D eigenvalue weighted by Gasteiger charge is -2.14. The molecular formula is C14H18N2O5. The van der Waals surface area contributed by atoms with Gasteiger partial charge in [0, 0.05) is 12.0 Å². The number of amides is 2. The number of carbonyl (C=O) groups excluding carboxylic acids is 2. The van der Waals surface area contributed by atoms with E-state index in [9.17, 15) is 14.4 Å². The van der Waals surface area contributed by atoms with Crippen molar-refractivity contribution < 1.29 is 24.2 Å². The summed E-state index contributed by atoms with van der Waals surface area (Å²) in [5.74, 6) is -1.86. The Labute approximate surface area is 122 Å². The first-order chi connectivity index (χ1) is 9.93. The number of nitrogens with two attached hydrogens (primary N) is 1. The summed E-state index contributed by atoms with van der Waals surface area (Å²) in [5.41, 5.74) is 5.26. The normalized spacial score (nSPS) is 11.5. The molecule has 1 rings (SSSR count). The molecule has 4 N–H and O–H groups in total. The number of carboxylic acid groups (broad SMARTS) is 1. The van der Waals surface area contributed by atoms with E-state index in [1.54, 1.807) is 18.2 Å². The molecule has 0 aliphatic carbocycles. The molecule has 0 unspecified atom stereocenters. The van der Waals surface area contributed by atoms with E-state index in [1.807, 2.05) is 6.92 Å². The summed E-state index contributed by atoms with van der Waals surface area (Å²) in [6.45, 7) is 2.28. The van der Waals surface area contributed by atoms with E-state index in [0.717, 1.165) is 0 Å². The molecule has 0 spiro atoms. The molecule has 0 bridgehead atoms. The molecule has 0 aliphatic rings. The van der Waals surface area contributed by atoms with Gasteiger partial charge in [-0.3, -0.25) is 9.59 Å². The molecule has 7 heteroatoms. The second kappa shape index (κ2) is 7.88. The highest BCUT2D eigenvalue weighted by Crippen LogP contribution is 2.13. The molecule has 0 fully saturated rings. The van der Waals surface area contributed by atoms with Gasteiger partial charge in [-0.1, -0.05) is 6.07 Å². The summed E-state index contributed by atoms with van der Waals surface area (Å²) in [6, 6.07) is 5.23. The van der Waals surface area contributed by atoms with Gasteiger partial charge in [0.15, 0.2) is 0 Å². The maximum absolute atomic E-state index is 12.0. The van der Waals surface area contributed by atoms with Crippen LogP contribution in [0.1, 0.15) is 30.1 Å². The largest absolute Gasteiger partial charge is 0.494 e. The first kappa shape index (κ1) is 16.5. The first-order valence-corrected chi connectivity index (χ1v) is 6.49. The van der Waals surface area contributed by atoms with Crippen molar-refractivity contribution in [2.75, 3.05) is 6.61 Å². The zero-order chi connectivity index (χ0) is 15.8. The van der Waals surface area contributed by atoms with E-state index >= 15 is 0 Å². The minimum Gasteiger partial charge on any atom is -0.494 e. The first-order valence-electron chi connectivity index (χ1n) is 6.49. The van der Waals surface area contributed by atoms with Crippen molar-refractivity contribution in [2.45, 2.75) is 25.8 Å². The monoisotopic (exact) mass is 294 g/mol. The van der Waals surface area contributed by atoms with E-state index in [2.05, 4.69) is 5.32 Å². The Balaban J connectivity index is 2.74. The Morgan fingerprint density at radius 1 is 1.38 bits per heavy atom. The number of carboxylic acids is 1. The third-order valence-electron chi connectivity index (χ3n) is 2.69. The van der Waals surface area contributed by atoms with Crippen LogP contribution in [-0.2, 0) is 9.59 Å². The van der Waals surface area contributed by atoms with Crippen molar-refractivity contribution in [3.8, 4) is 5.75 Å². The van der Waals surface area contributed by atoms with Crippen LogP contribution in [0, 0.1) is 0 Å². The molecule has 2 amide bonds. The Morgan fingerprint density at radius 3 is 2.67 bits per heavy atom. The molecule has 7 nitrogen and oxygen atoms in total. The van der Waals surface area contributed by atoms with Gasteiger partial charge >= 0.3 is 5.97 Å². The highest BCUT2D eigenvalue weighted by atomic mass is 16.5. The second-order valence-corrected chi connectivity index (χ2v) is 4.33. The standard InChI is InChI=1S/C14H18N2O5/c1-2-21-10-5-3-4-9(8-10)13(18)16-11(14(19)20)6-7-12(15)17/h3-5,8,11H,2,6-7H2,1H3,(H2,15,17)(H,16,18)(H,19,20)/t11-/m0/s1. The number of hydrogen-bond donors (Lipinski definition) is 3. The van der Waals surface area contributed by atoms with Crippen LogP contribution in [0.2, 0.25) is 0 Å². The van der Waals surface area contributed by atoms with Crippen LogP contribution in [-0.4, -0.2) is 35.5 Å². The quantitative estimate of drug-likeness (QED) is 0.646. The third kappa shape index (κ3) is 5.52. The maximum Gasteiger partial charge on any atom is 0.326 e.